The molecule has 0 aliphatic carbocycles. The first-order valence-corrected chi connectivity index (χ1v) is 10.5. The molecule has 3 N–H and O–H groups in total. The number of carbonyl (C=O) groups is 1. The first kappa shape index (κ1) is 22.3. The Balaban J connectivity index is 1.49. The van der Waals surface area contributed by atoms with Gasteiger partial charge >= 0.3 is 13.2 Å². The van der Waals surface area contributed by atoms with Crippen LogP contribution in [0.1, 0.15) is 18.6 Å². The van der Waals surface area contributed by atoms with E-state index in [9.17, 15) is 14.8 Å². The lowest BCUT2D eigenvalue weighted by Gasteiger charge is -2.15. The summed E-state index contributed by atoms with van der Waals surface area (Å²) >= 11 is 0. The minimum absolute atomic E-state index is 0.388. The number of aromatic nitrogens is 2. The maximum Gasteiger partial charge on any atom is 0.488 e. The monoisotopic (exact) mass is 441 g/mol. The van der Waals surface area contributed by atoms with Crippen LogP contribution in [0, 0.1) is 0 Å². The van der Waals surface area contributed by atoms with Crippen molar-refractivity contribution in [2.75, 3.05) is 5.32 Å². The molecular weight excluding hydrogens is 417 g/mol. The van der Waals surface area contributed by atoms with Crippen molar-refractivity contribution in [3.05, 3.63) is 90.8 Å². The smallest absolute Gasteiger partial charge is 0.441 e. The minimum Gasteiger partial charge on any atom is -0.441 e. The number of hydrogen-bond acceptors (Lipinski definition) is 5. The number of rotatable bonds is 6. The highest BCUT2D eigenvalue weighted by Crippen LogP contribution is 2.29. The van der Waals surface area contributed by atoms with Gasteiger partial charge in [-0.2, -0.15) is 0 Å². The number of benzene rings is 3. The van der Waals surface area contributed by atoms with Gasteiger partial charge < -0.3 is 19.4 Å². The van der Waals surface area contributed by atoms with E-state index in [1.54, 1.807) is 30.1 Å². The van der Waals surface area contributed by atoms with Crippen LogP contribution in [0.5, 0.6) is 0 Å². The zero-order valence-corrected chi connectivity index (χ0v) is 18.3. The van der Waals surface area contributed by atoms with Crippen molar-refractivity contribution in [2.45, 2.75) is 13.0 Å². The summed E-state index contributed by atoms with van der Waals surface area (Å²) in [4.78, 5) is 17.0. The zero-order chi connectivity index (χ0) is 23.4. The maximum absolute atomic E-state index is 12.5. The molecule has 1 unspecified atom stereocenters. The number of imidazole rings is 1. The van der Waals surface area contributed by atoms with Crippen LogP contribution in [-0.4, -0.2) is 32.8 Å². The number of nitrogens with one attached hydrogen (secondary N) is 1. The number of ether oxygens (including phenoxy) is 1. The number of carbonyl (C=O) groups excluding carboxylic acids is 1. The van der Waals surface area contributed by atoms with Gasteiger partial charge in [-0.1, -0.05) is 78.9 Å². The average Bonchev–Trinajstić information content (AvgIpc) is 3.19. The number of aryl methyl sites for hydroxylation is 1. The average molecular weight is 441 g/mol. The van der Waals surface area contributed by atoms with Gasteiger partial charge in [0.15, 0.2) is 0 Å². The SMILES string of the molecule is CC(OC(=O)Nc1c(-c2ccc(-c3ccc(B(O)O)cc3)cc2)ncn1C)c1ccccc1. The summed E-state index contributed by atoms with van der Waals surface area (Å²) < 4.78 is 7.26. The third-order valence-corrected chi connectivity index (χ3v) is 5.41. The molecule has 7 nitrogen and oxygen atoms in total. The van der Waals surface area contributed by atoms with Crippen molar-refractivity contribution in [2.24, 2.45) is 7.05 Å². The molecule has 8 heteroatoms. The molecule has 0 spiro atoms. The summed E-state index contributed by atoms with van der Waals surface area (Å²) in [5.74, 6) is 0.536. The molecule has 0 saturated carbocycles. The quantitative estimate of drug-likeness (QED) is 0.396. The Labute approximate surface area is 192 Å². The van der Waals surface area contributed by atoms with Crippen LogP contribution in [0.15, 0.2) is 85.2 Å². The predicted molar refractivity (Wildman–Crippen MR) is 129 cm³/mol. The minimum atomic E-state index is -1.49. The Morgan fingerprint density at radius 1 is 0.939 bits per heavy atom. The van der Waals surface area contributed by atoms with Crippen LogP contribution in [-0.2, 0) is 11.8 Å². The molecular formula is C25H24BN3O4. The molecule has 3 aromatic carbocycles. The fraction of sp³-hybridized carbons (Fsp3) is 0.120. The third kappa shape index (κ3) is 5.14. The molecule has 0 aliphatic rings. The van der Waals surface area contributed by atoms with E-state index in [0.717, 1.165) is 22.3 Å². The lowest BCUT2D eigenvalue weighted by molar-refractivity contribution is 0.121. The molecule has 1 aromatic heterocycles. The van der Waals surface area contributed by atoms with Gasteiger partial charge in [-0.15, -0.1) is 0 Å². The second-order valence-corrected chi connectivity index (χ2v) is 7.71. The molecule has 0 radical (unpaired) electrons. The van der Waals surface area contributed by atoms with Gasteiger partial charge in [-0.05, 0) is 29.1 Å². The third-order valence-electron chi connectivity index (χ3n) is 5.41. The van der Waals surface area contributed by atoms with Crippen molar-refractivity contribution < 1.29 is 19.6 Å². The summed E-state index contributed by atoms with van der Waals surface area (Å²) in [6.45, 7) is 1.82. The topological polar surface area (TPSA) is 96.6 Å². The van der Waals surface area contributed by atoms with E-state index in [1.807, 2.05) is 73.7 Å². The zero-order valence-electron chi connectivity index (χ0n) is 18.3. The van der Waals surface area contributed by atoms with E-state index < -0.39 is 13.2 Å². The normalized spacial score (nSPS) is 11.6. The number of hydrogen-bond donors (Lipinski definition) is 3. The van der Waals surface area contributed by atoms with Gasteiger partial charge in [0.2, 0.25) is 0 Å². The van der Waals surface area contributed by atoms with Crippen molar-refractivity contribution in [1.29, 1.82) is 0 Å². The lowest BCUT2D eigenvalue weighted by Crippen LogP contribution is -2.29. The van der Waals surface area contributed by atoms with E-state index >= 15 is 0 Å². The molecule has 0 bridgehead atoms. The van der Waals surface area contributed by atoms with Gasteiger partial charge in [-0.25, -0.2) is 9.78 Å². The molecule has 0 aliphatic heterocycles. The van der Waals surface area contributed by atoms with Crippen molar-refractivity contribution >= 4 is 24.5 Å². The predicted octanol–water partition coefficient (Wildman–Crippen LogP) is 3.74. The van der Waals surface area contributed by atoms with Gasteiger partial charge in [0, 0.05) is 12.6 Å². The Kier molecular flexibility index (Phi) is 6.58. The summed E-state index contributed by atoms with van der Waals surface area (Å²) in [5.41, 5.74) is 4.74. The fourth-order valence-electron chi connectivity index (χ4n) is 3.54. The highest BCUT2D eigenvalue weighted by molar-refractivity contribution is 6.58. The van der Waals surface area contributed by atoms with Gasteiger partial charge in [0.1, 0.15) is 17.6 Å². The second-order valence-electron chi connectivity index (χ2n) is 7.71. The summed E-state index contributed by atoms with van der Waals surface area (Å²) in [5, 5.41) is 21.3. The highest BCUT2D eigenvalue weighted by Gasteiger charge is 2.17. The first-order chi connectivity index (χ1) is 15.9. The molecule has 0 fully saturated rings. The van der Waals surface area contributed by atoms with E-state index in [1.165, 1.54) is 0 Å². The maximum atomic E-state index is 12.5. The second kappa shape index (κ2) is 9.73. The van der Waals surface area contributed by atoms with Gasteiger partial charge in [-0.3, -0.25) is 5.32 Å². The standard InChI is InChI=1S/C25H24BN3O4/c1-17(18-6-4-3-5-7-18)33-25(30)28-24-23(27-16-29(24)2)21-10-8-19(9-11-21)20-12-14-22(15-13-20)26(31)32/h3-17,31-32H,1-2H3,(H,28,30). The Bertz CT molecular complexity index is 1220. The van der Waals surface area contributed by atoms with Crippen LogP contribution < -0.4 is 10.8 Å². The molecule has 1 amide bonds. The van der Waals surface area contributed by atoms with Crippen LogP contribution in [0.3, 0.4) is 0 Å². The molecule has 166 valence electrons. The van der Waals surface area contributed by atoms with E-state index in [4.69, 9.17) is 4.74 Å². The van der Waals surface area contributed by atoms with Crippen LogP contribution in [0.4, 0.5) is 10.6 Å². The Hall–Kier alpha value is -3.88. The molecule has 0 saturated heterocycles. The van der Waals surface area contributed by atoms with E-state index in [-0.39, 0.29) is 6.10 Å². The van der Waals surface area contributed by atoms with Crippen molar-refractivity contribution in [1.82, 2.24) is 9.55 Å². The summed E-state index contributed by atoms with van der Waals surface area (Å²) in [6.07, 6.45) is 0.692. The summed E-state index contributed by atoms with van der Waals surface area (Å²) in [7, 11) is 0.317. The van der Waals surface area contributed by atoms with Crippen LogP contribution in [0.2, 0.25) is 0 Å². The van der Waals surface area contributed by atoms with E-state index in [0.29, 0.717) is 17.0 Å². The van der Waals surface area contributed by atoms with Crippen LogP contribution in [0.25, 0.3) is 22.4 Å². The Morgan fingerprint density at radius 2 is 1.52 bits per heavy atom. The summed E-state index contributed by atoms with van der Waals surface area (Å²) in [6, 6.07) is 24.3. The van der Waals surface area contributed by atoms with Crippen LogP contribution >= 0.6 is 0 Å². The lowest BCUT2D eigenvalue weighted by atomic mass is 9.80. The van der Waals surface area contributed by atoms with Gasteiger partial charge in [0.25, 0.3) is 0 Å². The van der Waals surface area contributed by atoms with Crippen molar-refractivity contribution in [3.63, 3.8) is 0 Å². The molecule has 4 aromatic rings. The number of anilines is 1. The molecule has 4 rings (SSSR count). The highest BCUT2D eigenvalue weighted by atomic mass is 16.6. The molecule has 1 heterocycles. The molecule has 33 heavy (non-hydrogen) atoms. The molecule has 1 atom stereocenters. The largest absolute Gasteiger partial charge is 0.488 e. The fourth-order valence-corrected chi connectivity index (χ4v) is 3.54. The van der Waals surface area contributed by atoms with Crippen molar-refractivity contribution in [3.8, 4) is 22.4 Å². The first-order valence-electron chi connectivity index (χ1n) is 10.5. The van der Waals surface area contributed by atoms with Gasteiger partial charge in [0.05, 0.1) is 6.33 Å². The van der Waals surface area contributed by atoms with E-state index in [2.05, 4.69) is 10.3 Å². The number of nitrogens with zero attached hydrogens (tertiary/aromatic N) is 2. The Morgan fingerprint density at radius 3 is 2.12 bits per heavy atom. The number of amides is 1.